The molecule has 0 aliphatic carbocycles. The maximum Gasteiger partial charge on any atom is 0.276 e. The highest BCUT2D eigenvalue weighted by molar-refractivity contribution is 5.56. The van der Waals surface area contributed by atoms with E-state index in [2.05, 4.69) is 10.3 Å². The van der Waals surface area contributed by atoms with E-state index in [1.54, 1.807) is 6.92 Å². The molecular formula is C13H20N4O3. The molecule has 0 spiro atoms. The standard InChI is InChI=1S/C13H20N4O3/c1-3-14-12-6-11(17(19)20)7-13(15-12)16-5-4-10(8-16)9(2)18/h6-7,9-10,18H,3-5,8H2,1-2H3,(H,14,15). The van der Waals surface area contributed by atoms with Crippen LogP contribution in [0.3, 0.4) is 0 Å². The van der Waals surface area contributed by atoms with E-state index in [0.717, 1.165) is 13.0 Å². The predicted molar refractivity (Wildman–Crippen MR) is 77.1 cm³/mol. The number of aliphatic hydroxyl groups excluding tert-OH is 1. The fourth-order valence-corrected chi connectivity index (χ4v) is 2.43. The van der Waals surface area contributed by atoms with Crippen molar-refractivity contribution in [3.05, 3.63) is 22.2 Å². The molecule has 1 aromatic heterocycles. The van der Waals surface area contributed by atoms with Crippen molar-refractivity contribution >= 4 is 17.3 Å². The summed E-state index contributed by atoms with van der Waals surface area (Å²) in [6, 6.07) is 2.93. The summed E-state index contributed by atoms with van der Waals surface area (Å²) >= 11 is 0. The van der Waals surface area contributed by atoms with Gasteiger partial charge in [0.2, 0.25) is 0 Å². The Morgan fingerprint density at radius 3 is 2.95 bits per heavy atom. The van der Waals surface area contributed by atoms with Gasteiger partial charge in [-0.1, -0.05) is 0 Å². The van der Waals surface area contributed by atoms with Gasteiger partial charge in [0.15, 0.2) is 0 Å². The summed E-state index contributed by atoms with van der Waals surface area (Å²) in [6.07, 6.45) is 0.505. The summed E-state index contributed by atoms with van der Waals surface area (Å²) in [5, 5.41) is 23.6. The van der Waals surface area contributed by atoms with Crippen LogP contribution < -0.4 is 10.2 Å². The van der Waals surface area contributed by atoms with Crippen LogP contribution in [0.15, 0.2) is 12.1 Å². The van der Waals surface area contributed by atoms with Gasteiger partial charge in [0.1, 0.15) is 11.6 Å². The molecule has 1 aliphatic rings. The van der Waals surface area contributed by atoms with E-state index < -0.39 is 4.92 Å². The molecular weight excluding hydrogens is 260 g/mol. The van der Waals surface area contributed by atoms with Crippen LogP contribution in [0.4, 0.5) is 17.3 Å². The fourth-order valence-electron chi connectivity index (χ4n) is 2.43. The number of anilines is 2. The molecule has 0 amide bonds. The number of hydrogen-bond acceptors (Lipinski definition) is 6. The number of nitrogens with one attached hydrogen (secondary N) is 1. The zero-order chi connectivity index (χ0) is 14.7. The van der Waals surface area contributed by atoms with Crippen molar-refractivity contribution in [2.24, 2.45) is 5.92 Å². The largest absolute Gasteiger partial charge is 0.393 e. The van der Waals surface area contributed by atoms with E-state index in [4.69, 9.17) is 0 Å². The Labute approximate surface area is 117 Å². The lowest BCUT2D eigenvalue weighted by Gasteiger charge is -2.19. The minimum absolute atomic E-state index is 0.0337. The van der Waals surface area contributed by atoms with Gasteiger partial charge in [-0.3, -0.25) is 10.1 Å². The molecule has 110 valence electrons. The second kappa shape index (κ2) is 6.04. The average Bonchev–Trinajstić information content (AvgIpc) is 2.88. The molecule has 0 saturated carbocycles. The summed E-state index contributed by atoms with van der Waals surface area (Å²) in [5.41, 5.74) is 0.0337. The first-order chi connectivity index (χ1) is 9.51. The van der Waals surface area contributed by atoms with Gasteiger partial charge in [0.05, 0.1) is 23.2 Å². The van der Waals surface area contributed by atoms with Crippen molar-refractivity contribution in [1.29, 1.82) is 0 Å². The number of aliphatic hydroxyl groups is 1. The Hall–Kier alpha value is -1.89. The lowest BCUT2D eigenvalue weighted by molar-refractivity contribution is -0.384. The molecule has 0 radical (unpaired) electrons. The number of aromatic nitrogens is 1. The van der Waals surface area contributed by atoms with Gasteiger partial charge < -0.3 is 15.3 Å². The number of pyridine rings is 1. The Kier molecular flexibility index (Phi) is 4.39. The van der Waals surface area contributed by atoms with Gasteiger partial charge in [-0.2, -0.15) is 0 Å². The van der Waals surface area contributed by atoms with Gasteiger partial charge in [-0.25, -0.2) is 4.98 Å². The first-order valence-electron chi connectivity index (χ1n) is 6.84. The molecule has 20 heavy (non-hydrogen) atoms. The maximum atomic E-state index is 11.0. The Bertz CT molecular complexity index is 493. The van der Waals surface area contributed by atoms with Gasteiger partial charge in [-0.15, -0.1) is 0 Å². The monoisotopic (exact) mass is 280 g/mol. The first-order valence-corrected chi connectivity index (χ1v) is 6.84. The van der Waals surface area contributed by atoms with Crippen LogP contribution in [0.5, 0.6) is 0 Å². The van der Waals surface area contributed by atoms with Crippen LogP contribution in [-0.2, 0) is 0 Å². The van der Waals surface area contributed by atoms with Crippen LogP contribution in [-0.4, -0.2) is 40.8 Å². The maximum absolute atomic E-state index is 11.0. The Morgan fingerprint density at radius 2 is 2.40 bits per heavy atom. The molecule has 2 N–H and O–H groups in total. The van der Waals surface area contributed by atoms with Crippen molar-refractivity contribution in [2.45, 2.75) is 26.4 Å². The number of nitro groups is 1. The summed E-state index contributed by atoms with van der Waals surface area (Å²) < 4.78 is 0. The molecule has 1 fully saturated rings. The van der Waals surface area contributed by atoms with E-state index in [9.17, 15) is 15.2 Å². The summed E-state index contributed by atoms with van der Waals surface area (Å²) in [4.78, 5) is 17.0. The second-order valence-corrected chi connectivity index (χ2v) is 5.09. The third-order valence-corrected chi connectivity index (χ3v) is 3.60. The van der Waals surface area contributed by atoms with Crippen molar-refractivity contribution in [1.82, 2.24) is 4.98 Å². The fraction of sp³-hybridized carbons (Fsp3) is 0.615. The first kappa shape index (κ1) is 14.5. The molecule has 2 heterocycles. The van der Waals surface area contributed by atoms with Gasteiger partial charge in [-0.05, 0) is 20.3 Å². The second-order valence-electron chi connectivity index (χ2n) is 5.09. The molecule has 0 bridgehead atoms. The van der Waals surface area contributed by atoms with Crippen LogP contribution in [0, 0.1) is 16.0 Å². The SMILES string of the molecule is CCNc1cc([N+](=O)[O-])cc(N2CCC(C(C)O)C2)n1. The molecule has 2 unspecified atom stereocenters. The smallest absolute Gasteiger partial charge is 0.276 e. The third kappa shape index (κ3) is 3.16. The Balaban J connectivity index is 2.24. The summed E-state index contributed by atoms with van der Waals surface area (Å²) in [5.74, 6) is 1.30. The highest BCUT2D eigenvalue weighted by Gasteiger charge is 2.28. The van der Waals surface area contributed by atoms with Crippen LogP contribution >= 0.6 is 0 Å². The van der Waals surface area contributed by atoms with E-state index >= 15 is 0 Å². The van der Waals surface area contributed by atoms with E-state index in [-0.39, 0.29) is 17.7 Å². The van der Waals surface area contributed by atoms with Crippen LogP contribution in [0.1, 0.15) is 20.3 Å². The summed E-state index contributed by atoms with van der Waals surface area (Å²) in [6.45, 7) is 5.79. The molecule has 7 heteroatoms. The Morgan fingerprint density at radius 1 is 1.65 bits per heavy atom. The number of hydrogen-bond donors (Lipinski definition) is 2. The topological polar surface area (TPSA) is 91.5 Å². The minimum atomic E-state index is -0.408. The molecule has 7 nitrogen and oxygen atoms in total. The van der Waals surface area contributed by atoms with E-state index in [0.29, 0.717) is 24.7 Å². The molecule has 0 aromatic carbocycles. The highest BCUT2D eigenvalue weighted by atomic mass is 16.6. The van der Waals surface area contributed by atoms with Crippen molar-refractivity contribution in [3.63, 3.8) is 0 Å². The number of rotatable bonds is 5. The van der Waals surface area contributed by atoms with E-state index in [1.807, 2.05) is 11.8 Å². The number of nitrogens with zero attached hydrogens (tertiary/aromatic N) is 3. The third-order valence-electron chi connectivity index (χ3n) is 3.60. The zero-order valence-corrected chi connectivity index (χ0v) is 11.7. The van der Waals surface area contributed by atoms with Crippen LogP contribution in [0.25, 0.3) is 0 Å². The molecule has 1 saturated heterocycles. The lowest BCUT2D eigenvalue weighted by Crippen LogP contribution is -2.24. The molecule has 2 rings (SSSR count). The average molecular weight is 280 g/mol. The van der Waals surface area contributed by atoms with Crippen LogP contribution in [0.2, 0.25) is 0 Å². The van der Waals surface area contributed by atoms with Crippen molar-refractivity contribution in [2.75, 3.05) is 29.9 Å². The van der Waals surface area contributed by atoms with E-state index in [1.165, 1.54) is 12.1 Å². The van der Waals surface area contributed by atoms with Gasteiger partial charge in [0.25, 0.3) is 5.69 Å². The highest BCUT2D eigenvalue weighted by Crippen LogP contribution is 2.28. The normalized spacial score (nSPS) is 19.9. The van der Waals surface area contributed by atoms with Gasteiger partial charge in [0, 0.05) is 25.6 Å². The predicted octanol–water partition coefficient (Wildman–Crippen LogP) is 1.63. The molecule has 1 aromatic rings. The zero-order valence-electron chi connectivity index (χ0n) is 11.7. The van der Waals surface area contributed by atoms with Gasteiger partial charge >= 0.3 is 0 Å². The molecule has 1 aliphatic heterocycles. The van der Waals surface area contributed by atoms with Crippen molar-refractivity contribution in [3.8, 4) is 0 Å². The minimum Gasteiger partial charge on any atom is -0.393 e. The summed E-state index contributed by atoms with van der Waals surface area (Å²) in [7, 11) is 0. The molecule has 2 atom stereocenters. The quantitative estimate of drug-likeness (QED) is 0.629. The van der Waals surface area contributed by atoms with Crippen molar-refractivity contribution < 1.29 is 10.0 Å². The lowest BCUT2D eigenvalue weighted by atomic mass is 10.0.